The summed E-state index contributed by atoms with van der Waals surface area (Å²) in [6, 6.07) is 6.31. The number of hydrogen-bond donors (Lipinski definition) is 1. The van der Waals surface area contributed by atoms with E-state index in [0.29, 0.717) is 6.04 Å². The summed E-state index contributed by atoms with van der Waals surface area (Å²) < 4.78 is 0.944. The molecular formula is C15H21BrN2O. The minimum atomic E-state index is 0.0294. The molecule has 0 bridgehead atoms. The lowest BCUT2D eigenvalue weighted by Gasteiger charge is -2.23. The summed E-state index contributed by atoms with van der Waals surface area (Å²) in [5, 5.41) is 3.07. The average Bonchev–Trinajstić information content (AvgIpc) is 2.86. The van der Waals surface area contributed by atoms with E-state index in [1.54, 1.807) is 0 Å². The molecule has 104 valence electrons. The van der Waals surface area contributed by atoms with Gasteiger partial charge >= 0.3 is 0 Å². The minimum Gasteiger partial charge on any atom is -0.350 e. The number of likely N-dealkylation sites (tertiary alicyclic amines) is 1. The van der Waals surface area contributed by atoms with E-state index in [4.69, 9.17) is 0 Å². The van der Waals surface area contributed by atoms with Crippen LogP contribution in [-0.4, -0.2) is 36.5 Å². The Labute approximate surface area is 123 Å². The van der Waals surface area contributed by atoms with E-state index in [9.17, 15) is 4.79 Å². The summed E-state index contributed by atoms with van der Waals surface area (Å²) >= 11 is 3.41. The second-order valence-corrected chi connectivity index (χ2v) is 6.01. The lowest BCUT2D eigenvalue weighted by molar-refractivity contribution is 0.0940. The predicted octanol–water partition coefficient (Wildman–Crippen LogP) is 2.97. The normalized spacial score (nSPS) is 19.6. The molecule has 0 radical (unpaired) electrons. The number of nitrogens with zero attached hydrogens (tertiary/aromatic N) is 1. The van der Waals surface area contributed by atoms with Crippen molar-refractivity contribution in [1.29, 1.82) is 0 Å². The van der Waals surface area contributed by atoms with Gasteiger partial charge in [-0.25, -0.2) is 0 Å². The first-order chi connectivity index (χ1) is 9.11. The number of amides is 1. The van der Waals surface area contributed by atoms with E-state index in [-0.39, 0.29) is 5.91 Å². The molecule has 3 nitrogen and oxygen atoms in total. The Morgan fingerprint density at radius 1 is 1.53 bits per heavy atom. The highest BCUT2D eigenvalue weighted by atomic mass is 79.9. The van der Waals surface area contributed by atoms with Crippen LogP contribution in [0.5, 0.6) is 0 Å². The minimum absolute atomic E-state index is 0.0294. The third-order valence-corrected chi connectivity index (χ3v) is 4.34. The number of benzene rings is 1. The molecule has 4 heteroatoms. The monoisotopic (exact) mass is 324 g/mol. The van der Waals surface area contributed by atoms with Crippen LogP contribution in [0.1, 0.15) is 35.7 Å². The van der Waals surface area contributed by atoms with E-state index in [1.165, 1.54) is 12.8 Å². The van der Waals surface area contributed by atoms with Crippen molar-refractivity contribution in [2.45, 2.75) is 32.7 Å². The number of rotatable bonds is 4. The van der Waals surface area contributed by atoms with Crippen molar-refractivity contribution in [2.24, 2.45) is 0 Å². The third kappa shape index (κ3) is 3.57. The molecule has 0 aliphatic carbocycles. The molecule has 1 atom stereocenters. The summed E-state index contributed by atoms with van der Waals surface area (Å²) in [5.41, 5.74) is 1.77. The number of carbonyl (C=O) groups excluding carboxylic acids is 1. The maximum atomic E-state index is 12.2. The van der Waals surface area contributed by atoms with Gasteiger partial charge in [-0.2, -0.15) is 0 Å². The Kier molecular flexibility index (Phi) is 4.99. The van der Waals surface area contributed by atoms with Crippen molar-refractivity contribution in [3.05, 3.63) is 33.8 Å². The first-order valence-corrected chi connectivity index (χ1v) is 7.69. The number of carbonyl (C=O) groups is 1. The molecule has 2 rings (SSSR count). The Hall–Kier alpha value is -0.870. The molecule has 0 saturated carbocycles. The van der Waals surface area contributed by atoms with E-state index >= 15 is 0 Å². The second-order valence-electron chi connectivity index (χ2n) is 5.09. The van der Waals surface area contributed by atoms with Crippen LogP contribution in [0, 0.1) is 6.92 Å². The van der Waals surface area contributed by atoms with Crippen molar-refractivity contribution < 1.29 is 4.79 Å². The molecule has 1 N–H and O–H groups in total. The summed E-state index contributed by atoms with van der Waals surface area (Å²) in [7, 11) is 0. The molecule has 1 aromatic rings. The number of halogens is 1. The van der Waals surface area contributed by atoms with Gasteiger partial charge in [0.25, 0.3) is 5.91 Å². The van der Waals surface area contributed by atoms with Crippen LogP contribution in [0.15, 0.2) is 22.7 Å². The van der Waals surface area contributed by atoms with Gasteiger partial charge in [-0.1, -0.05) is 28.9 Å². The van der Waals surface area contributed by atoms with E-state index in [0.717, 1.165) is 35.2 Å². The highest BCUT2D eigenvalue weighted by Crippen LogP contribution is 2.18. The quantitative estimate of drug-likeness (QED) is 0.923. The van der Waals surface area contributed by atoms with E-state index in [2.05, 4.69) is 33.1 Å². The largest absolute Gasteiger partial charge is 0.350 e. The molecule has 19 heavy (non-hydrogen) atoms. The Morgan fingerprint density at radius 3 is 3.05 bits per heavy atom. The first kappa shape index (κ1) is 14.5. The fraction of sp³-hybridized carbons (Fsp3) is 0.533. The van der Waals surface area contributed by atoms with Gasteiger partial charge in [0.2, 0.25) is 0 Å². The maximum absolute atomic E-state index is 12.2. The van der Waals surface area contributed by atoms with Gasteiger partial charge in [-0.05, 0) is 50.6 Å². The number of aryl methyl sites for hydroxylation is 1. The first-order valence-electron chi connectivity index (χ1n) is 6.90. The zero-order valence-electron chi connectivity index (χ0n) is 11.6. The van der Waals surface area contributed by atoms with Gasteiger partial charge in [0, 0.05) is 22.6 Å². The van der Waals surface area contributed by atoms with E-state index in [1.807, 2.05) is 25.1 Å². The summed E-state index contributed by atoms with van der Waals surface area (Å²) in [4.78, 5) is 14.7. The summed E-state index contributed by atoms with van der Waals surface area (Å²) in [6.45, 7) is 7.12. The Bertz CT molecular complexity index is 461. The van der Waals surface area contributed by atoms with Gasteiger partial charge in [-0.3, -0.25) is 9.69 Å². The fourth-order valence-electron chi connectivity index (χ4n) is 2.69. The molecule has 1 aromatic carbocycles. The van der Waals surface area contributed by atoms with Crippen LogP contribution in [0.3, 0.4) is 0 Å². The van der Waals surface area contributed by atoms with Crippen LogP contribution >= 0.6 is 15.9 Å². The SMILES string of the molecule is CCN1CCCC1CNC(=O)c1cc(Br)ccc1C. The van der Waals surface area contributed by atoms with Gasteiger partial charge in [0.1, 0.15) is 0 Å². The third-order valence-electron chi connectivity index (χ3n) is 3.85. The van der Waals surface area contributed by atoms with E-state index < -0.39 is 0 Å². The smallest absolute Gasteiger partial charge is 0.251 e. The van der Waals surface area contributed by atoms with Crippen LogP contribution < -0.4 is 5.32 Å². The van der Waals surface area contributed by atoms with Gasteiger partial charge in [0.05, 0.1) is 0 Å². The number of likely N-dealkylation sites (N-methyl/N-ethyl adjacent to an activating group) is 1. The highest BCUT2D eigenvalue weighted by Gasteiger charge is 2.23. The zero-order valence-corrected chi connectivity index (χ0v) is 13.2. The maximum Gasteiger partial charge on any atom is 0.251 e. The van der Waals surface area contributed by atoms with Crippen molar-refractivity contribution in [2.75, 3.05) is 19.6 Å². The summed E-state index contributed by atoms with van der Waals surface area (Å²) in [5.74, 6) is 0.0294. The standard InChI is InChI=1S/C15H21BrN2O/c1-3-18-8-4-5-13(18)10-17-15(19)14-9-12(16)7-6-11(14)2/h6-7,9,13H,3-5,8,10H2,1-2H3,(H,17,19). The number of hydrogen-bond acceptors (Lipinski definition) is 2. The van der Waals surface area contributed by atoms with Gasteiger partial charge < -0.3 is 5.32 Å². The highest BCUT2D eigenvalue weighted by molar-refractivity contribution is 9.10. The van der Waals surface area contributed by atoms with Gasteiger partial charge in [-0.15, -0.1) is 0 Å². The lowest BCUT2D eigenvalue weighted by atomic mass is 10.1. The van der Waals surface area contributed by atoms with Crippen LogP contribution in [0.2, 0.25) is 0 Å². The topological polar surface area (TPSA) is 32.3 Å². The second kappa shape index (κ2) is 6.53. The van der Waals surface area contributed by atoms with Gasteiger partial charge in [0.15, 0.2) is 0 Å². The van der Waals surface area contributed by atoms with Crippen molar-refractivity contribution >= 4 is 21.8 Å². The summed E-state index contributed by atoms with van der Waals surface area (Å²) in [6.07, 6.45) is 2.43. The molecular weight excluding hydrogens is 304 g/mol. The molecule has 1 amide bonds. The lowest BCUT2D eigenvalue weighted by Crippen LogP contribution is -2.40. The number of nitrogens with one attached hydrogen (secondary N) is 1. The average molecular weight is 325 g/mol. The molecule has 1 heterocycles. The molecule has 1 aliphatic rings. The molecule has 1 unspecified atom stereocenters. The molecule has 1 saturated heterocycles. The Morgan fingerprint density at radius 2 is 2.32 bits per heavy atom. The Balaban J connectivity index is 1.96. The molecule has 1 aliphatic heterocycles. The molecule has 1 fully saturated rings. The van der Waals surface area contributed by atoms with Crippen LogP contribution in [-0.2, 0) is 0 Å². The zero-order chi connectivity index (χ0) is 13.8. The fourth-order valence-corrected chi connectivity index (χ4v) is 3.05. The molecule has 0 aromatic heterocycles. The van der Waals surface area contributed by atoms with Crippen molar-refractivity contribution in [3.63, 3.8) is 0 Å². The van der Waals surface area contributed by atoms with Crippen LogP contribution in [0.4, 0.5) is 0 Å². The predicted molar refractivity (Wildman–Crippen MR) is 81.5 cm³/mol. The molecule has 0 spiro atoms. The van der Waals surface area contributed by atoms with Crippen molar-refractivity contribution in [1.82, 2.24) is 10.2 Å². The van der Waals surface area contributed by atoms with Crippen molar-refractivity contribution in [3.8, 4) is 0 Å². The van der Waals surface area contributed by atoms with Crippen LogP contribution in [0.25, 0.3) is 0 Å².